The minimum absolute atomic E-state index is 0.135. The third-order valence-corrected chi connectivity index (χ3v) is 6.25. The van der Waals surface area contributed by atoms with E-state index in [9.17, 15) is 9.90 Å². The zero-order valence-electron chi connectivity index (χ0n) is 19.6. The standard InChI is InChI=1S/C22H33N5O5S/c1-5-32-22(31-3)7-6-16(14-18(22)30-2)24-20(29)17-15-23-21(33-4)25-19(17)27-10-8-26(9-11-27)12-13-28/h6-7,14-15,18,28H,5,8-13H2,1-4H3,(H,24,29). The molecule has 2 atom stereocenters. The van der Waals surface area contributed by atoms with Crippen LogP contribution in [-0.4, -0.2) is 104 Å². The number of β-amino-alcohol motifs (C(OH)–C–C–N with tert-alkyl or cyclic N) is 1. The molecule has 0 aromatic carbocycles. The van der Waals surface area contributed by atoms with Gasteiger partial charge in [0.1, 0.15) is 17.5 Å². The molecule has 0 radical (unpaired) electrons. The number of nitrogens with one attached hydrogen (secondary N) is 1. The van der Waals surface area contributed by atoms with Crippen LogP contribution >= 0.6 is 11.8 Å². The number of carbonyl (C=O) groups excluding carboxylic acids is 1. The maximum absolute atomic E-state index is 13.2. The number of carbonyl (C=O) groups is 1. The molecule has 0 spiro atoms. The number of amides is 1. The number of allylic oxidation sites excluding steroid dienone is 1. The van der Waals surface area contributed by atoms with Crippen molar-refractivity contribution in [2.24, 2.45) is 0 Å². The fourth-order valence-electron chi connectivity index (χ4n) is 3.93. The molecule has 1 amide bonds. The van der Waals surface area contributed by atoms with Gasteiger partial charge >= 0.3 is 0 Å². The van der Waals surface area contributed by atoms with Crippen molar-refractivity contribution in [3.8, 4) is 0 Å². The summed E-state index contributed by atoms with van der Waals surface area (Å²) in [7, 11) is 3.12. The molecule has 2 aliphatic rings. The maximum Gasteiger partial charge on any atom is 0.260 e. The monoisotopic (exact) mass is 479 g/mol. The van der Waals surface area contributed by atoms with E-state index in [1.807, 2.05) is 13.2 Å². The molecule has 1 aliphatic carbocycles. The Kier molecular flexibility index (Phi) is 9.24. The van der Waals surface area contributed by atoms with Crippen molar-refractivity contribution in [2.75, 3.05) is 71.3 Å². The van der Waals surface area contributed by atoms with E-state index in [4.69, 9.17) is 14.2 Å². The Bertz CT molecular complexity index is 875. The van der Waals surface area contributed by atoms with Gasteiger partial charge in [0.2, 0.25) is 5.79 Å². The van der Waals surface area contributed by atoms with Gasteiger partial charge in [0.05, 0.1) is 6.61 Å². The average molecular weight is 480 g/mol. The Morgan fingerprint density at radius 1 is 1.33 bits per heavy atom. The van der Waals surface area contributed by atoms with Crippen LogP contribution in [0.5, 0.6) is 0 Å². The van der Waals surface area contributed by atoms with Crippen LogP contribution in [0.1, 0.15) is 17.3 Å². The first kappa shape index (κ1) is 25.6. The van der Waals surface area contributed by atoms with E-state index in [0.717, 1.165) is 13.1 Å². The summed E-state index contributed by atoms with van der Waals surface area (Å²) >= 11 is 1.43. The van der Waals surface area contributed by atoms with Crippen LogP contribution in [0.25, 0.3) is 0 Å². The highest BCUT2D eigenvalue weighted by atomic mass is 32.2. The van der Waals surface area contributed by atoms with Crippen LogP contribution in [0.15, 0.2) is 35.3 Å². The molecule has 1 aliphatic heterocycles. The second-order valence-corrected chi connectivity index (χ2v) is 8.34. The Hall–Kier alpha value is -2.02. The smallest absolute Gasteiger partial charge is 0.260 e. The molecule has 0 saturated carbocycles. The largest absolute Gasteiger partial charge is 0.395 e. The lowest BCUT2D eigenvalue weighted by Crippen LogP contribution is -2.48. The van der Waals surface area contributed by atoms with Gasteiger partial charge in [-0.15, -0.1) is 0 Å². The number of nitrogens with zero attached hydrogens (tertiary/aromatic N) is 4. The zero-order valence-corrected chi connectivity index (χ0v) is 20.4. The lowest BCUT2D eigenvalue weighted by molar-refractivity contribution is -0.232. The van der Waals surface area contributed by atoms with Gasteiger partial charge in [-0.2, -0.15) is 0 Å². The Morgan fingerprint density at radius 2 is 2.09 bits per heavy atom. The van der Waals surface area contributed by atoms with Crippen molar-refractivity contribution >= 4 is 23.5 Å². The van der Waals surface area contributed by atoms with Crippen LogP contribution in [0.3, 0.4) is 0 Å². The first-order valence-corrected chi connectivity index (χ1v) is 12.2. The number of rotatable bonds is 10. The second-order valence-electron chi connectivity index (χ2n) is 7.57. The molecule has 1 aromatic heterocycles. The number of thioether (sulfide) groups is 1. The summed E-state index contributed by atoms with van der Waals surface area (Å²) in [6.45, 7) is 6.12. The predicted octanol–water partition coefficient (Wildman–Crippen LogP) is 0.891. The fourth-order valence-corrected chi connectivity index (χ4v) is 4.27. The topological polar surface area (TPSA) is 109 Å². The van der Waals surface area contributed by atoms with Crippen molar-refractivity contribution < 1.29 is 24.1 Å². The number of aliphatic hydroxyl groups is 1. The number of hydrogen-bond donors (Lipinski definition) is 2. The number of aromatic nitrogens is 2. The summed E-state index contributed by atoms with van der Waals surface area (Å²) in [5.41, 5.74) is 0.979. The molecule has 33 heavy (non-hydrogen) atoms. The molecule has 11 heteroatoms. The van der Waals surface area contributed by atoms with Crippen molar-refractivity contribution in [2.45, 2.75) is 24.0 Å². The molecule has 0 bridgehead atoms. The van der Waals surface area contributed by atoms with Crippen LogP contribution in [-0.2, 0) is 14.2 Å². The number of ether oxygens (including phenoxy) is 3. The highest BCUT2D eigenvalue weighted by molar-refractivity contribution is 7.98. The Balaban J connectivity index is 1.79. The predicted molar refractivity (Wildman–Crippen MR) is 126 cm³/mol. The van der Waals surface area contributed by atoms with E-state index < -0.39 is 11.9 Å². The number of aliphatic hydroxyl groups excluding tert-OH is 1. The SMILES string of the molecule is CCOC1(OC)C=CC(NC(=O)c2cnc(SC)nc2N2CCN(CCO)CC2)=CC1OC. The fraction of sp³-hybridized carbons (Fsp3) is 0.591. The third kappa shape index (κ3) is 5.92. The summed E-state index contributed by atoms with van der Waals surface area (Å²) in [5, 5.41) is 12.7. The van der Waals surface area contributed by atoms with Crippen molar-refractivity contribution in [3.63, 3.8) is 0 Å². The summed E-state index contributed by atoms with van der Waals surface area (Å²) in [6.07, 6.45) is 8.20. The van der Waals surface area contributed by atoms with Gasteiger partial charge in [-0.3, -0.25) is 9.69 Å². The molecule has 2 heterocycles. The van der Waals surface area contributed by atoms with Gasteiger partial charge in [0, 0.05) is 65.4 Å². The number of methoxy groups -OCH3 is 2. The van der Waals surface area contributed by atoms with Crippen LogP contribution in [0.4, 0.5) is 5.82 Å². The minimum atomic E-state index is -1.04. The van der Waals surface area contributed by atoms with Gasteiger partial charge in [-0.25, -0.2) is 9.97 Å². The van der Waals surface area contributed by atoms with Gasteiger partial charge < -0.3 is 29.5 Å². The van der Waals surface area contributed by atoms with Crippen LogP contribution < -0.4 is 10.2 Å². The van der Waals surface area contributed by atoms with Gasteiger partial charge in [-0.1, -0.05) is 11.8 Å². The normalized spacial score (nSPS) is 23.5. The van der Waals surface area contributed by atoms with E-state index in [2.05, 4.69) is 25.1 Å². The first-order chi connectivity index (χ1) is 16.0. The van der Waals surface area contributed by atoms with E-state index in [1.54, 1.807) is 38.6 Å². The number of anilines is 1. The average Bonchev–Trinajstić information content (AvgIpc) is 2.85. The van der Waals surface area contributed by atoms with Gasteiger partial charge in [-0.05, 0) is 31.4 Å². The maximum atomic E-state index is 13.2. The van der Waals surface area contributed by atoms with Crippen LogP contribution in [0.2, 0.25) is 0 Å². The quantitative estimate of drug-likeness (QED) is 0.285. The number of hydrogen-bond acceptors (Lipinski definition) is 10. The number of piperazine rings is 1. The highest BCUT2D eigenvalue weighted by Crippen LogP contribution is 2.28. The van der Waals surface area contributed by atoms with Crippen LogP contribution in [0, 0.1) is 0 Å². The molecule has 2 N–H and O–H groups in total. The third-order valence-electron chi connectivity index (χ3n) is 5.69. The molecule has 1 fully saturated rings. The molecular weight excluding hydrogens is 446 g/mol. The molecule has 1 saturated heterocycles. The van der Waals surface area contributed by atoms with Gasteiger partial charge in [0.25, 0.3) is 5.91 Å². The molecule has 10 nitrogen and oxygen atoms in total. The molecule has 2 unspecified atom stereocenters. The summed E-state index contributed by atoms with van der Waals surface area (Å²) < 4.78 is 16.9. The highest BCUT2D eigenvalue weighted by Gasteiger charge is 2.39. The second kappa shape index (κ2) is 11.9. The van der Waals surface area contributed by atoms with Crippen molar-refractivity contribution in [1.29, 1.82) is 0 Å². The summed E-state index contributed by atoms with van der Waals surface area (Å²) in [5.74, 6) is -0.734. The Morgan fingerprint density at radius 3 is 2.70 bits per heavy atom. The van der Waals surface area contributed by atoms with E-state index in [-0.39, 0.29) is 12.5 Å². The van der Waals surface area contributed by atoms with E-state index in [0.29, 0.717) is 48.5 Å². The molecule has 1 aromatic rings. The van der Waals surface area contributed by atoms with Crippen molar-refractivity contribution in [1.82, 2.24) is 20.2 Å². The summed E-state index contributed by atoms with van der Waals surface area (Å²) in [4.78, 5) is 26.5. The zero-order chi connectivity index (χ0) is 23.8. The van der Waals surface area contributed by atoms with Crippen molar-refractivity contribution in [3.05, 3.63) is 35.7 Å². The molecule has 3 rings (SSSR count). The molecule has 182 valence electrons. The summed E-state index contributed by atoms with van der Waals surface area (Å²) in [6, 6.07) is 0. The molecular formula is C22H33N5O5S. The lowest BCUT2D eigenvalue weighted by atomic mass is 10.0. The lowest BCUT2D eigenvalue weighted by Gasteiger charge is -2.37. The Labute approximate surface area is 199 Å². The minimum Gasteiger partial charge on any atom is -0.395 e. The first-order valence-electron chi connectivity index (χ1n) is 10.9. The van der Waals surface area contributed by atoms with Gasteiger partial charge in [0.15, 0.2) is 5.16 Å². The van der Waals surface area contributed by atoms with E-state index in [1.165, 1.54) is 11.8 Å². The van der Waals surface area contributed by atoms with E-state index >= 15 is 0 Å².